The maximum absolute atomic E-state index is 5.54. The van der Waals surface area contributed by atoms with Crippen LogP contribution < -0.4 is 10.5 Å². The molecule has 2 N–H and O–H groups in total. The summed E-state index contributed by atoms with van der Waals surface area (Å²) in [6.07, 6.45) is 5.75. The van der Waals surface area contributed by atoms with Crippen molar-refractivity contribution in [3.8, 4) is 5.75 Å². The molecular formula is C14H19N3O. The first-order chi connectivity index (χ1) is 8.83. The summed E-state index contributed by atoms with van der Waals surface area (Å²) in [4.78, 5) is 0. The quantitative estimate of drug-likeness (QED) is 0.844. The molecule has 0 saturated carbocycles. The highest BCUT2D eigenvalue weighted by Gasteiger charge is 2.05. The third-order valence-corrected chi connectivity index (χ3v) is 2.91. The second-order valence-electron chi connectivity index (χ2n) is 4.24. The zero-order chi connectivity index (χ0) is 12.8. The first-order valence-electron chi connectivity index (χ1n) is 6.17. The van der Waals surface area contributed by atoms with Gasteiger partial charge in [-0.15, -0.1) is 0 Å². The first-order valence-corrected chi connectivity index (χ1v) is 6.17. The minimum Gasteiger partial charge on any atom is -0.496 e. The van der Waals surface area contributed by atoms with Crippen LogP contribution in [0.5, 0.6) is 5.75 Å². The number of aryl methyl sites for hydroxylation is 1. The minimum atomic E-state index is 0.723. The molecule has 1 heterocycles. The van der Waals surface area contributed by atoms with E-state index in [0.29, 0.717) is 0 Å². The van der Waals surface area contributed by atoms with Crippen LogP contribution >= 0.6 is 0 Å². The Kier molecular flexibility index (Phi) is 4.36. The molecule has 0 aliphatic heterocycles. The largest absolute Gasteiger partial charge is 0.496 e. The van der Waals surface area contributed by atoms with Crippen molar-refractivity contribution in [1.82, 2.24) is 9.78 Å². The molecule has 2 rings (SSSR count). The van der Waals surface area contributed by atoms with E-state index >= 15 is 0 Å². The predicted molar refractivity (Wildman–Crippen MR) is 71.7 cm³/mol. The lowest BCUT2D eigenvalue weighted by Crippen LogP contribution is -2.04. The summed E-state index contributed by atoms with van der Waals surface area (Å²) in [5.74, 6) is 0.905. The Morgan fingerprint density at radius 2 is 2.28 bits per heavy atom. The van der Waals surface area contributed by atoms with Gasteiger partial charge in [0, 0.05) is 18.0 Å². The van der Waals surface area contributed by atoms with Gasteiger partial charge < -0.3 is 10.5 Å². The van der Waals surface area contributed by atoms with E-state index in [1.807, 2.05) is 23.0 Å². The molecule has 0 fully saturated rings. The lowest BCUT2D eigenvalue weighted by atomic mass is 10.1. The molecule has 1 aromatic carbocycles. The molecular weight excluding hydrogens is 226 g/mol. The summed E-state index contributed by atoms with van der Waals surface area (Å²) >= 11 is 0. The van der Waals surface area contributed by atoms with Crippen molar-refractivity contribution >= 4 is 0 Å². The number of hydrogen-bond acceptors (Lipinski definition) is 3. The Morgan fingerprint density at radius 1 is 1.39 bits per heavy atom. The van der Waals surface area contributed by atoms with Crippen LogP contribution in [0.15, 0.2) is 36.7 Å². The highest BCUT2D eigenvalue weighted by Crippen LogP contribution is 2.21. The Labute approximate surface area is 107 Å². The molecule has 0 atom stereocenters. The summed E-state index contributed by atoms with van der Waals surface area (Å²) in [7, 11) is 1.70. The minimum absolute atomic E-state index is 0.723. The molecule has 0 aliphatic carbocycles. The Bertz CT molecular complexity index is 480. The van der Waals surface area contributed by atoms with Crippen molar-refractivity contribution in [2.75, 3.05) is 13.7 Å². The lowest BCUT2D eigenvalue weighted by molar-refractivity contribution is 0.407. The van der Waals surface area contributed by atoms with Crippen molar-refractivity contribution in [3.63, 3.8) is 0 Å². The van der Waals surface area contributed by atoms with Gasteiger partial charge in [0.05, 0.1) is 13.7 Å². The van der Waals surface area contributed by atoms with E-state index in [9.17, 15) is 0 Å². The van der Waals surface area contributed by atoms with Crippen molar-refractivity contribution in [2.45, 2.75) is 19.4 Å². The Balaban J connectivity index is 2.19. The van der Waals surface area contributed by atoms with Gasteiger partial charge >= 0.3 is 0 Å². The van der Waals surface area contributed by atoms with Gasteiger partial charge in [-0.3, -0.25) is 4.68 Å². The van der Waals surface area contributed by atoms with E-state index in [1.54, 1.807) is 13.3 Å². The topological polar surface area (TPSA) is 53.1 Å². The number of hydrogen-bond donors (Lipinski definition) is 1. The number of ether oxygens (including phenoxy) is 1. The van der Waals surface area contributed by atoms with Crippen LogP contribution in [-0.2, 0) is 13.0 Å². The standard InChI is InChI=1S/C14H19N3O/c1-18-14-6-5-12(4-2-7-15)10-13(14)11-17-9-3-8-16-17/h3,5-6,8-10H,2,4,7,11,15H2,1H3. The highest BCUT2D eigenvalue weighted by molar-refractivity contribution is 5.37. The highest BCUT2D eigenvalue weighted by atomic mass is 16.5. The fourth-order valence-corrected chi connectivity index (χ4v) is 1.99. The monoisotopic (exact) mass is 245 g/mol. The van der Waals surface area contributed by atoms with E-state index in [2.05, 4.69) is 17.2 Å². The van der Waals surface area contributed by atoms with Gasteiger partial charge in [0.2, 0.25) is 0 Å². The van der Waals surface area contributed by atoms with Gasteiger partial charge in [0.25, 0.3) is 0 Å². The van der Waals surface area contributed by atoms with Crippen molar-refractivity contribution in [2.24, 2.45) is 5.73 Å². The number of nitrogens with zero attached hydrogens (tertiary/aromatic N) is 2. The van der Waals surface area contributed by atoms with Gasteiger partial charge in [0.15, 0.2) is 0 Å². The summed E-state index contributed by atoms with van der Waals surface area (Å²) in [6, 6.07) is 8.21. The van der Waals surface area contributed by atoms with Crippen LogP contribution in [0.3, 0.4) is 0 Å². The van der Waals surface area contributed by atoms with Crippen LogP contribution in [0.2, 0.25) is 0 Å². The number of rotatable bonds is 6. The van der Waals surface area contributed by atoms with E-state index in [0.717, 1.165) is 37.2 Å². The molecule has 18 heavy (non-hydrogen) atoms. The van der Waals surface area contributed by atoms with Crippen molar-refractivity contribution < 1.29 is 4.74 Å². The summed E-state index contributed by atoms with van der Waals surface area (Å²) in [6.45, 7) is 1.45. The van der Waals surface area contributed by atoms with E-state index in [-0.39, 0.29) is 0 Å². The number of methoxy groups -OCH3 is 1. The molecule has 96 valence electrons. The smallest absolute Gasteiger partial charge is 0.123 e. The second-order valence-corrected chi connectivity index (χ2v) is 4.24. The van der Waals surface area contributed by atoms with Gasteiger partial charge in [-0.05, 0) is 37.1 Å². The zero-order valence-corrected chi connectivity index (χ0v) is 10.7. The number of benzene rings is 1. The van der Waals surface area contributed by atoms with E-state index in [1.165, 1.54) is 5.56 Å². The maximum atomic E-state index is 5.54. The molecule has 1 aromatic heterocycles. The van der Waals surface area contributed by atoms with E-state index < -0.39 is 0 Å². The fraction of sp³-hybridized carbons (Fsp3) is 0.357. The van der Waals surface area contributed by atoms with Gasteiger partial charge in [0.1, 0.15) is 5.75 Å². The molecule has 4 nitrogen and oxygen atoms in total. The second kappa shape index (κ2) is 6.21. The maximum Gasteiger partial charge on any atom is 0.123 e. The summed E-state index contributed by atoms with van der Waals surface area (Å²) in [5, 5.41) is 4.22. The predicted octanol–water partition coefficient (Wildman–Crippen LogP) is 1.83. The van der Waals surface area contributed by atoms with Crippen molar-refractivity contribution in [3.05, 3.63) is 47.8 Å². The Hall–Kier alpha value is -1.81. The molecule has 4 heteroatoms. The van der Waals surface area contributed by atoms with Gasteiger partial charge in [-0.1, -0.05) is 12.1 Å². The first kappa shape index (κ1) is 12.6. The third-order valence-electron chi connectivity index (χ3n) is 2.91. The summed E-state index contributed by atoms with van der Waals surface area (Å²) < 4.78 is 7.28. The van der Waals surface area contributed by atoms with E-state index in [4.69, 9.17) is 10.5 Å². The van der Waals surface area contributed by atoms with Crippen LogP contribution in [0.1, 0.15) is 17.5 Å². The average molecular weight is 245 g/mol. The molecule has 0 saturated heterocycles. The van der Waals surface area contributed by atoms with Gasteiger partial charge in [-0.2, -0.15) is 5.10 Å². The molecule has 0 aliphatic rings. The third kappa shape index (κ3) is 3.11. The molecule has 2 aromatic rings. The van der Waals surface area contributed by atoms with Crippen LogP contribution in [0.25, 0.3) is 0 Å². The number of aromatic nitrogens is 2. The number of nitrogens with two attached hydrogens (primary N) is 1. The zero-order valence-electron chi connectivity index (χ0n) is 10.7. The summed E-state index contributed by atoms with van der Waals surface area (Å²) in [5.41, 5.74) is 7.98. The molecule has 0 amide bonds. The van der Waals surface area contributed by atoms with Crippen LogP contribution in [0, 0.1) is 0 Å². The molecule has 0 spiro atoms. The van der Waals surface area contributed by atoms with Crippen LogP contribution in [0.4, 0.5) is 0 Å². The molecule has 0 radical (unpaired) electrons. The van der Waals surface area contributed by atoms with Crippen LogP contribution in [-0.4, -0.2) is 23.4 Å². The molecule has 0 unspecified atom stereocenters. The normalized spacial score (nSPS) is 10.6. The average Bonchev–Trinajstić information content (AvgIpc) is 2.89. The fourth-order valence-electron chi connectivity index (χ4n) is 1.99. The van der Waals surface area contributed by atoms with Crippen molar-refractivity contribution in [1.29, 1.82) is 0 Å². The SMILES string of the molecule is COc1ccc(CCCN)cc1Cn1cccn1. The molecule has 0 bridgehead atoms. The van der Waals surface area contributed by atoms with Gasteiger partial charge in [-0.25, -0.2) is 0 Å². The Morgan fingerprint density at radius 3 is 2.94 bits per heavy atom. The lowest BCUT2D eigenvalue weighted by Gasteiger charge is -2.11.